The normalized spacial score (nSPS) is 10.4. The predicted octanol–water partition coefficient (Wildman–Crippen LogP) is 4.12. The Labute approximate surface area is 160 Å². The summed E-state index contributed by atoms with van der Waals surface area (Å²) < 4.78 is 5.53. The Balaban J connectivity index is 1.84. The molecule has 0 aliphatic carbocycles. The summed E-state index contributed by atoms with van der Waals surface area (Å²) in [6.07, 6.45) is 0.480. The van der Waals surface area contributed by atoms with Crippen molar-refractivity contribution in [2.75, 3.05) is 29.1 Å². The Morgan fingerprint density at radius 3 is 2.11 bits per heavy atom. The van der Waals surface area contributed by atoms with E-state index >= 15 is 0 Å². The maximum Gasteiger partial charge on any atom is 0.243 e. The highest BCUT2D eigenvalue weighted by atomic mass is 16.5. The molecule has 2 aromatic carbocycles. The molecule has 0 bridgehead atoms. The SMILES string of the molecule is CCOc1ccccc1NCC(=O)Nc1ccc(NC(=O)CC(C)C)cc1. The third kappa shape index (κ3) is 7.01. The van der Waals surface area contributed by atoms with Crippen LogP contribution in [-0.4, -0.2) is 25.0 Å². The molecule has 144 valence electrons. The van der Waals surface area contributed by atoms with Crippen molar-refractivity contribution in [3.05, 3.63) is 48.5 Å². The van der Waals surface area contributed by atoms with E-state index in [4.69, 9.17) is 4.74 Å². The van der Waals surface area contributed by atoms with Crippen molar-refractivity contribution in [2.24, 2.45) is 5.92 Å². The van der Waals surface area contributed by atoms with Crippen LogP contribution in [0.3, 0.4) is 0 Å². The van der Waals surface area contributed by atoms with Crippen LogP contribution in [0.4, 0.5) is 17.1 Å². The molecule has 0 saturated heterocycles. The van der Waals surface area contributed by atoms with E-state index in [0.717, 1.165) is 5.69 Å². The number of anilines is 3. The van der Waals surface area contributed by atoms with Crippen LogP contribution in [0.15, 0.2) is 48.5 Å². The van der Waals surface area contributed by atoms with E-state index in [0.29, 0.717) is 36.1 Å². The van der Waals surface area contributed by atoms with Gasteiger partial charge in [0.15, 0.2) is 0 Å². The summed E-state index contributed by atoms with van der Waals surface area (Å²) >= 11 is 0. The lowest BCUT2D eigenvalue weighted by molar-refractivity contribution is -0.117. The second-order valence-electron chi connectivity index (χ2n) is 6.55. The molecule has 0 aromatic heterocycles. The van der Waals surface area contributed by atoms with Crippen molar-refractivity contribution in [1.29, 1.82) is 0 Å². The first-order chi connectivity index (χ1) is 13.0. The van der Waals surface area contributed by atoms with Gasteiger partial charge in [0.2, 0.25) is 11.8 Å². The smallest absolute Gasteiger partial charge is 0.243 e. The fraction of sp³-hybridized carbons (Fsp3) is 0.333. The van der Waals surface area contributed by atoms with Gasteiger partial charge in [-0.2, -0.15) is 0 Å². The third-order valence-electron chi connectivity index (χ3n) is 3.67. The zero-order valence-corrected chi connectivity index (χ0v) is 16.0. The zero-order chi connectivity index (χ0) is 19.6. The number of benzene rings is 2. The number of carbonyl (C=O) groups excluding carboxylic acids is 2. The van der Waals surface area contributed by atoms with Gasteiger partial charge in [-0.15, -0.1) is 0 Å². The average molecular weight is 369 g/mol. The molecule has 0 aliphatic rings. The summed E-state index contributed by atoms with van der Waals surface area (Å²) in [7, 11) is 0. The van der Waals surface area contributed by atoms with E-state index in [1.54, 1.807) is 24.3 Å². The Morgan fingerprint density at radius 2 is 1.52 bits per heavy atom. The first-order valence-corrected chi connectivity index (χ1v) is 9.13. The number of ether oxygens (including phenoxy) is 1. The lowest BCUT2D eigenvalue weighted by atomic mass is 10.1. The number of para-hydroxylation sites is 2. The Hall–Kier alpha value is -3.02. The molecule has 6 heteroatoms. The topological polar surface area (TPSA) is 79.5 Å². The Bertz CT molecular complexity index is 758. The molecule has 6 nitrogen and oxygen atoms in total. The quantitative estimate of drug-likeness (QED) is 0.621. The van der Waals surface area contributed by atoms with E-state index in [-0.39, 0.29) is 18.4 Å². The zero-order valence-electron chi connectivity index (χ0n) is 16.0. The van der Waals surface area contributed by atoms with E-state index < -0.39 is 0 Å². The van der Waals surface area contributed by atoms with Crippen molar-refractivity contribution in [3.8, 4) is 5.75 Å². The maximum absolute atomic E-state index is 12.2. The number of hydrogen-bond acceptors (Lipinski definition) is 4. The third-order valence-corrected chi connectivity index (χ3v) is 3.67. The Morgan fingerprint density at radius 1 is 0.926 bits per heavy atom. The van der Waals surface area contributed by atoms with E-state index in [9.17, 15) is 9.59 Å². The summed E-state index contributed by atoms with van der Waals surface area (Å²) in [5, 5.41) is 8.74. The number of carbonyl (C=O) groups is 2. The van der Waals surface area contributed by atoms with Gasteiger partial charge in [-0.1, -0.05) is 26.0 Å². The molecule has 0 unspecified atom stereocenters. The maximum atomic E-state index is 12.2. The highest BCUT2D eigenvalue weighted by Crippen LogP contribution is 2.23. The molecule has 0 atom stereocenters. The highest BCUT2D eigenvalue weighted by Gasteiger charge is 2.07. The van der Waals surface area contributed by atoms with Gasteiger partial charge in [0, 0.05) is 17.8 Å². The van der Waals surface area contributed by atoms with Crippen LogP contribution in [0.1, 0.15) is 27.2 Å². The minimum absolute atomic E-state index is 0.0149. The molecule has 0 aliphatic heterocycles. The van der Waals surface area contributed by atoms with Crippen molar-refractivity contribution in [1.82, 2.24) is 0 Å². The van der Waals surface area contributed by atoms with Crippen LogP contribution in [-0.2, 0) is 9.59 Å². The summed E-state index contributed by atoms with van der Waals surface area (Å²) in [6.45, 7) is 6.60. The van der Waals surface area contributed by atoms with Gasteiger partial charge in [-0.25, -0.2) is 0 Å². The van der Waals surface area contributed by atoms with Gasteiger partial charge in [0.05, 0.1) is 18.8 Å². The summed E-state index contributed by atoms with van der Waals surface area (Å²) in [5.74, 6) is 0.843. The first kappa shape index (κ1) is 20.3. The minimum atomic E-state index is -0.169. The molecule has 0 saturated carbocycles. The van der Waals surface area contributed by atoms with Crippen molar-refractivity contribution >= 4 is 28.9 Å². The van der Waals surface area contributed by atoms with Gasteiger partial charge in [0.25, 0.3) is 0 Å². The van der Waals surface area contributed by atoms with E-state index in [2.05, 4.69) is 16.0 Å². The highest BCUT2D eigenvalue weighted by molar-refractivity contribution is 5.95. The molecule has 0 spiro atoms. The predicted molar refractivity (Wildman–Crippen MR) is 109 cm³/mol. The largest absolute Gasteiger partial charge is 0.492 e. The van der Waals surface area contributed by atoms with Crippen LogP contribution in [0.25, 0.3) is 0 Å². The molecule has 2 aromatic rings. The van der Waals surface area contributed by atoms with Gasteiger partial charge in [0.1, 0.15) is 5.75 Å². The second-order valence-corrected chi connectivity index (χ2v) is 6.55. The van der Waals surface area contributed by atoms with Gasteiger partial charge in [-0.3, -0.25) is 9.59 Å². The van der Waals surface area contributed by atoms with Gasteiger partial charge in [-0.05, 0) is 49.2 Å². The molecule has 0 fully saturated rings. The fourth-order valence-corrected chi connectivity index (χ4v) is 2.49. The van der Waals surface area contributed by atoms with Crippen LogP contribution in [0.2, 0.25) is 0 Å². The van der Waals surface area contributed by atoms with Crippen LogP contribution < -0.4 is 20.7 Å². The van der Waals surface area contributed by atoms with Crippen LogP contribution in [0, 0.1) is 5.92 Å². The first-order valence-electron chi connectivity index (χ1n) is 9.13. The van der Waals surface area contributed by atoms with Gasteiger partial charge < -0.3 is 20.7 Å². The number of amides is 2. The van der Waals surface area contributed by atoms with Crippen molar-refractivity contribution in [3.63, 3.8) is 0 Å². The fourth-order valence-electron chi connectivity index (χ4n) is 2.49. The monoisotopic (exact) mass is 369 g/mol. The standard InChI is InChI=1S/C21H27N3O3/c1-4-27-19-8-6-5-7-18(19)22-14-21(26)24-17-11-9-16(10-12-17)23-20(25)13-15(2)3/h5-12,15,22H,4,13-14H2,1-3H3,(H,23,25)(H,24,26). The average Bonchev–Trinajstić information content (AvgIpc) is 2.62. The van der Waals surface area contributed by atoms with E-state index in [1.807, 2.05) is 45.0 Å². The number of nitrogens with one attached hydrogen (secondary N) is 3. The molecule has 3 N–H and O–H groups in total. The van der Waals surface area contributed by atoms with Crippen LogP contribution >= 0.6 is 0 Å². The summed E-state index contributed by atoms with van der Waals surface area (Å²) in [5.41, 5.74) is 2.15. The second kappa shape index (κ2) is 10.2. The minimum Gasteiger partial charge on any atom is -0.492 e. The van der Waals surface area contributed by atoms with Crippen LogP contribution in [0.5, 0.6) is 5.75 Å². The number of rotatable bonds is 9. The summed E-state index contributed by atoms with van der Waals surface area (Å²) in [4.78, 5) is 23.9. The van der Waals surface area contributed by atoms with E-state index in [1.165, 1.54) is 0 Å². The Kier molecular flexibility index (Phi) is 7.67. The lowest BCUT2D eigenvalue weighted by Crippen LogP contribution is -2.22. The molecular formula is C21H27N3O3. The molecule has 0 heterocycles. The molecule has 27 heavy (non-hydrogen) atoms. The lowest BCUT2D eigenvalue weighted by Gasteiger charge is -2.12. The van der Waals surface area contributed by atoms with Crippen molar-refractivity contribution < 1.29 is 14.3 Å². The molecule has 2 rings (SSSR count). The molecule has 2 amide bonds. The number of hydrogen-bond donors (Lipinski definition) is 3. The van der Waals surface area contributed by atoms with Gasteiger partial charge >= 0.3 is 0 Å². The summed E-state index contributed by atoms with van der Waals surface area (Å²) in [6, 6.07) is 14.6. The molecular weight excluding hydrogens is 342 g/mol. The van der Waals surface area contributed by atoms with Crippen molar-refractivity contribution in [2.45, 2.75) is 27.2 Å². The molecule has 0 radical (unpaired) electrons.